The van der Waals surface area contributed by atoms with E-state index in [1.54, 1.807) is 12.4 Å². The van der Waals surface area contributed by atoms with Gasteiger partial charge in [-0.2, -0.15) is 0 Å². The Labute approximate surface area is 82.0 Å². The van der Waals surface area contributed by atoms with Gasteiger partial charge in [-0.3, -0.25) is 0 Å². The molecule has 2 aromatic heterocycles. The van der Waals surface area contributed by atoms with Crippen molar-refractivity contribution >= 4 is 0 Å². The predicted molar refractivity (Wildman–Crippen MR) is 51.6 cm³/mol. The van der Waals surface area contributed by atoms with E-state index < -0.39 is 0 Å². The van der Waals surface area contributed by atoms with Crippen molar-refractivity contribution in [1.29, 1.82) is 0 Å². The summed E-state index contributed by atoms with van der Waals surface area (Å²) in [6, 6.07) is 1.87. The number of rotatable bonds is 2. The van der Waals surface area contributed by atoms with Crippen LogP contribution in [0.4, 0.5) is 0 Å². The fraction of sp³-hybridized carbons (Fsp3) is 0.300. The Kier molecular flexibility index (Phi) is 2.26. The number of nitrogens with zero attached hydrogens (tertiary/aromatic N) is 3. The highest BCUT2D eigenvalue weighted by atomic mass is 16.5. The van der Waals surface area contributed by atoms with Crippen LogP contribution in [-0.4, -0.2) is 15.1 Å². The molecule has 0 atom stereocenters. The van der Waals surface area contributed by atoms with Crippen LogP contribution in [0.2, 0.25) is 0 Å². The second-order valence-corrected chi connectivity index (χ2v) is 3.07. The lowest BCUT2D eigenvalue weighted by Gasteiger charge is -1.95. The first-order valence-corrected chi connectivity index (χ1v) is 4.54. The van der Waals surface area contributed by atoms with E-state index in [2.05, 4.69) is 15.1 Å². The molecule has 0 bridgehead atoms. The van der Waals surface area contributed by atoms with E-state index in [0.717, 1.165) is 23.5 Å². The molecule has 2 rings (SSSR count). The lowest BCUT2D eigenvalue weighted by atomic mass is 10.2. The van der Waals surface area contributed by atoms with Crippen molar-refractivity contribution in [3.05, 3.63) is 30.0 Å². The summed E-state index contributed by atoms with van der Waals surface area (Å²) in [5.74, 6) is 1.55. The molecule has 0 spiro atoms. The molecule has 0 aliphatic heterocycles. The fourth-order valence-corrected chi connectivity index (χ4v) is 1.16. The summed E-state index contributed by atoms with van der Waals surface area (Å²) in [5.41, 5.74) is 1.72. The van der Waals surface area contributed by atoms with E-state index in [1.807, 2.05) is 19.9 Å². The van der Waals surface area contributed by atoms with E-state index in [-0.39, 0.29) is 0 Å². The van der Waals surface area contributed by atoms with Gasteiger partial charge in [0.1, 0.15) is 5.82 Å². The van der Waals surface area contributed by atoms with Gasteiger partial charge in [-0.05, 0) is 6.92 Å². The van der Waals surface area contributed by atoms with E-state index in [4.69, 9.17) is 4.52 Å². The lowest BCUT2D eigenvalue weighted by molar-refractivity contribution is 0.427. The van der Waals surface area contributed by atoms with Crippen LogP contribution >= 0.6 is 0 Å². The fourth-order valence-electron chi connectivity index (χ4n) is 1.16. The largest absolute Gasteiger partial charge is 0.356 e. The second-order valence-electron chi connectivity index (χ2n) is 3.07. The summed E-state index contributed by atoms with van der Waals surface area (Å²) in [6.45, 7) is 3.90. The molecule has 0 unspecified atom stereocenters. The van der Waals surface area contributed by atoms with Crippen molar-refractivity contribution in [2.75, 3.05) is 0 Å². The Morgan fingerprint density at radius 2 is 2.00 bits per heavy atom. The minimum Gasteiger partial charge on any atom is -0.356 e. The zero-order valence-corrected chi connectivity index (χ0v) is 8.19. The number of aryl methyl sites for hydroxylation is 2. The molecule has 0 amide bonds. The molecule has 0 saturated carbocycles. The van der Waals surface area contributed by atoms with Crippen molar-refractivity contribution in [2.45, 2.75) is 20.3 Å². The molecule has 4 heteroatoms. The molecule has 4 nitrogen and oxygen atoms in total. The highest BCUT2D eigenvalue weighted by Gasteiger charge is 2.04. The molecule has 72 valence electrons. The summed E-state index contributed by atoms with van der Waals surface area (Å²) in [7, 11) is 0. The molecular formula is C10H11N3O. The summed E-state index contributed by atoms with van der Waals surface area (Å²) >= 11 is 0. The van der Waals surface area contributed by atoms with Crippen molar-refractivity contribution in [2.24, 2.45) is 0 Å². The highest BCUT2D eigenvalue weighted by Crippen LogP contribution is 2.17. The maximum atomic E-state index is 5.09. The molecular weight excluding hydrogens is 178 g/mol. The van der Waals surface area contributed by atoms with Crippen molar-refractivity contribution < 1.29 is 4.52 Å². The van der Waals surface area contributed by atoms with Gasteiger partial charge in [-0.15, -0.1) is 0 Å². The first-order valence-electron chi connectivity index (χ1n) is 4.54. The van der Waals surface area contributed by atoms with E-state index in [1.165, 1.54) is 0 Å². The smallest absolute Gasteiger partial charge is 0.170 e. The van der Waals surface area contributed by atoms with E-state index in [0.29, 0.717) is 5.76 Å². The minimum absolute atomic E-state index is 0.713. The topological polar surface area (TPSA) is 51.8 Å². The van der Waals surface area contributed by atoms with Crippen LogP contribution in [0.15, 0.2) is 23.0 Å². The van der Waals surface area contributed by atoms with E-state index in [9.17, 15) is 0 Å². The van der Waals surface area contributed by atoms with Crippen LogP contribution in [0.3, 0.4) is 0 Å². The van der Waals surface area contributed by atoms with Crippen LogP contribution in [0, 0.1) is 6.92 Å². The summed E-state index contributed by atoms with van der Waals surface area (Å²) < 4.78 is 5.09. The van der Waals surface area contributed by atoms with Crippen LogP contribution in [0.5, 0.6) is 0 Å². The maximum Gasteiger partial charge on any atom is 0.170 e. The molecule has 14 heavy (non-hydrogen) atoms. The third-order valence-corrected chi connectivity index (χ3v) is 1.93. The molecule has 0 fully saturated rings. The van der Waals surface area contributed by atoms with Crippen molar-refractivity contribution in [3.63, 3.8) is 0 Å². The Bertz CT molecular complexity index is 419. The molecule has 0 radical (unpaired) electrons. The molecule has 0 aliphatic carbocycles. The first-order chi connectivity index (χ1) is 6.79. The van der Waals surface area contributed by atoms with Gasteiger partial charge in [0.2, 0.25) is 0 Å². The molecule has 0 aromatic carbocycles. The van der Waals surface area contributed by atoms with Crippen molar-refractivity contribution in [1.82, 2.24) is 15.1 Å². The zero-order chi connectivity index (χ0) is 9.97. The van der Waals surface area contributed by atoms with Crippen LogP contribution in [-0.2, 0) is 6.42 Å². The third kappa shape index (κ3) is 1.64. The van der Waals surface area contributed by atoms with Gasteiger partial charge in [-0.25, -0.2) is 9.97 Å². The summed E-state index contributed by atoms with van der Waals surface area (Å²) in [6.07, 6.45) is 4.35. The average molecular weight is 189 g/mol. The molecule has 0 saturated heterocycles. The summed E-state index contributed by atoms with van der Waals surface area (Å²) in [4.78, 5) is 8.37. The van der Waals surface area contributed by atoms with Gasteiger partial charge >= 0.3 is 0 Å². The average Bonchev–Trinajstić information content (AvgIpc) is 2.65. The van der Waals surface area contributed by atoms with Gasteiger partial charge in [0.05, 0.1) is 11.3 Å². The maximum absolute atomic E-state index is 5.09. The molecule has 2 aromatic rings. The number of hydrogen-bond donors (Lipinski definition) is 0. The van der Waals surface area contributed by atoms with Gasteiger partial charge in [0.15, 0.2) is 5.76 Å². The molecule has 0 aliphatic rings. The number of hydrogen-bond acceptors (Lipinski definition) is 4. The highest BCUT2D eigenvalue weighted by molar-refractivity contribution is 5.54. The minimum atomic E-state index is 0.713. The normalized spacial score (nSPS) is 10.4. The zero-order valence-electron chi connectivity index (χ0n) is 8.19. The van der Waals surface area contributed by atoms with Gasteiger partial charge in [0, 0.05) is 24.9 Å². The predicted octanol–water partition coefficient (Wildman–Crippen LogP) is 2.00. The standard InChI is InChI=1S/C10H11N3O/c1-3-10-11-5-8(6-12-10)9-4-7(2)13-14-9/h4-6H,3H2,1-2H3. The van der Waals surface area contributed by atoms with Crippen LogP contribution < -0.4 is 0 Å². The molecule has 0 N–H and O–H groups in total. The lowest BCUT2D eigenvalue weighted by Crippen LogP contribution is -1.91. The Morgan fingerprint density at radius 1 is 1.29 bits per heavy atom. The quantitative estimate of drug-likeness (QED) is 0.725. The monoisotopic (exact) mass is 189 g/mol. The number of aromatic nitrogens is 3. The second kappa shape index (κ2) is 3.57. The summed E-state index contributed by atoms with van der Waals surface area (Å²) in [5, 5.41) is 3.81. The van der Waals surface area contributed by atoms with E-state index >= 15 is 0 Å². The van der Waals surface area contributed by atoms with Gasteiger partial charge in [0.25, 0.3) is 0 Å². The molecule has 2 heterocycles. The van der Waals surface area contributed by atoms with Crippen LogP contribution in [0.1, 0.15) is 18.4 Å². The Hall–Kier alpha value is -1.71. The Morgan fingerprint density at radius 3 is 2.50 bits per heavy atom. The Balaban J connectivity index is 2.33. The first kappa shape index (κ1) is 8.87. The van der Waals surface area contributed by atoms with Gasteiger partial charge in [-0.1, -0.05) is 12.1 Å². The third-order valence-electron chi connectivity index (χ3n) is 1.93. The SMILES string of the molecule is CCc1ncc(-c2cc(C)no2)cn1. The van der Waals surface area contributed by atoms with Gasteiger partial charge < -0.3 is 4.52 Å². The van der Waals surface area contributed by atoms with Crippen LogP contribution in [0.25, 0.3) is 11.3 Å². The van der Waals surface area contributed by atoms with Crippen molar-refractivity contribution in [3.8, 4) is 11.3 Å².